The van der Waals surface area contributed by atoms with Gasteiger partial charge >= 0.3 is 6.09 Å². The van der Waals surface area contributed by atoms with Gasteiger partial charge in [-0.3, -0.25) is 0 Å². The standard InChI is InChI=1S/C21H30N4O4S2/c1-21(2,3)25-31(27,28)18-10-13(11-22)4-9-16(18)17-12-24-19(30-17)14-5-7-15(8-6-14)29-20(23)26/h4,9-10,12,14-15,25H,5-8,11,22H2,1-3H3,(H2,23,26). The van der Waals surface area contributed by atoms with E-state index in [1.165, 1.54) is 11.3 Å². The van der Waals surface area contributed by atoms with E-state index in [1.54, 1.807) is 39.1 Å². The second-order valence-electron chi connectivity index (χ2n) is 8.86. The molecule has 0 atom stereocenters. The van der Waals surface area contributed by atoms with Crippen LogP contribution < -0.4 is 16.2 Å². The Bertz CT molecular complexity index is 1040. The van der Waals surface area contributed by atoms with Gasteiger partial charge in [0, 0.05) is 29.8 Å². The Morgan fingerprint density at radius 3 is 2.52 bits per heavy atom. The van der Waals surface area contributed by atoms with Crippen molar-refractivity contribution in [1.82, 2.24) is 9.71 Å². The normalized spacial score (nSPS) is 19.9. The smallest absolute Gasteiger partial charge is 0.404 e. The van der Waals surface area contributed by atoms with Crippen LogP contribution >= 0.6 is 11.3 Å². The van der Waals surface area contributed by atoms with E-state index in [0.717, 1.165) is 41.1 Å². The van der Waals surface area contributed by atoms with E-state index in [0.29, 0.717) is 5.56 Å². The van der Waals surface area contributed by atoms with Crippen molar-refractivity contribution in [2.24, 2.45) is 11.5 Å². The molecule has 1 saturated carbocycles. The van der Waals surface area contributed by atoms with Crippen LogP contribution in [-0.2, 0) is 21.3 Å². The van der Waals surface area contributed by atoms with Gasteiger partial charge in [-0.15, -0.1) is 11.3 Å². The van der Waals surface area contributed by atoms with Gasteiger partial charge in [0.2, 0.25) is 10.0 Å². The first kappa shape index (κ1) is 23.6. The fourth-order valence-electron chi connectivity index (χ4n) is 3.77. The summed E-state index contributed by atoms with van der Waals surface area (Å²) in [7, 11) is -3.75. The van der Waals surface area contributed by atoms with Crippen molar-refractivity contribution in [1.29, 1.82) is 0 Å². The molecule has 1 aromatic heterocycles. The number of nitrogens with one attached hydrogen (secondary N) is 1. The summed E-state index contributed by atoms with van der Waals surface area (Å²) in [6, 6.07) is 5.28. The van der Waals surface area contributed by atoms with Crippen LogP contribution in [0.25, 0.3) is 10.4 Å². The first-order chi connectivity index (χ1) is 14.5. The van der Waals surface area contributed by atoms with Gasteiger partial charge in [-0.25, -0.2) is 22.9 Å². The topological polar surface area (TPSA) is 137 Å². The van der Waals surface area contributed by atoms with Gasteiger partial charge in [-0.05, 0) is 58.1 Å². The number of carbonyl (C=O) groups excluding carboxylic acids is 1. The lowest BCUT2D eigenvalue weighted by Gasteiger charge is -2.26. The minimum atomic E-state index is -3.75. The number of aromatic nitrogens is 1. The monoisotopic (exact) mass is 466 g/mol. The molecule has 1 aromatic carbocycles. The maximum atomic E-state index is 13.1. The second-order valence-corrected chi connectivity index (χ2v) is 11.6. The first-order valence-corrected chi connectivity index (χ1v) is 12.6. The molecule has 1 heterocycles. The van der Waals surface area contributed by atoms with E-state index in [2.05, 4.69) is 9.71 Å². The van der Waals surface area contributed by atoms with Crippen LogP contribution in [0.3, 0.4) is 0 Å². The van der Waals surface area contributed by atoms with Crippen LogP contribution in [0.4, 0.5) is 4.79 Å². The number of hydrogen-bond acceptors (Lipinski definition) is 7. The van der Waals surface area contributed by atoms with Gasteiger partial charge in [-0.1, -0.05) is 12.1 Å². The minimum Gasteiger partial charge on any atom is -0.446 e. The molecule has 1 aliphatic rings. The second kappa shape index (κ2) is 9.23. The highest BCUT2D eigenvalue weighted by molar-refractivity contribution is 7.89. The Labute approximate surface area is 187 Å². The summed E-state index contributed by atoms with van der Waals surface area (Å²) in [5.41, 5.74) is 11.6. The lowest BCUT2D eigenvalue weighted by Crippen LogP contribution is -2.40. The van der Waals surface area contributed by atoms with Crippen molar-refractivity contribution in [3.63, 3.8) is 0 Å². The summed E-state index contributed by atoms with van der Waals surface area (Å²) >= 11 is 1.50. The third kappa shape index (κ3) is 6.03. The molecule has 170 valence electrons. The van der Waals surface area contributed by atoms with Gasteiger partial charge < -0.3 is 16.2 Å². The number of carbonyl (C=O) groups is 1. The lowest BCUT2D eigenvalue weighted by molar-refractivity contribution is 0.0787. The van der Waals surface area contributed by atoms with Crippen LogP contribution in [0.5, 0.6) is 0 Å². The minimum absolute atomic E-state index is 0.141. The largest absolute Gasteiger partial charge is 0.446 e. The SMILES string of the molecule is CC(C)(C)NS(=O)(=O)c1cc(CN)ccc1-c1cnc(C2CCC(OC(N)=O)CC2)s1. The molecule has 3 rings (SSSR count). The summed E-state index contributed by atoms with van der Waals surface area (Å²) in [4.78, 5) is 16.5. The Morgan fingerprint density at radius 2 is 1.94 bits per heavy atom. The average molecular weight is 467 g/mol. The predicted molar refractivity (Wildman–Crippen MR) is 121 cm³/mol. The molecule has 10 heteroatoms. The molecule has 1 amide bonds. The molecule has 0 radical (unpaired) electrons. The van der Waals surface area contributed by atoms with E-state index in [1.807, 2.05) is 6.07 Å². The molecule has 8 nitrogen and oxygen atoms in total. The van der Waals surface area contributed by atoms with Gasteiger partial charge in [-0.2, -0.15) is 0 Å². The average Bonchev–Trinajstić information content (AvgIpc) is 3.16. The third-order valence-corrected chi connectivity index (χ3v) is 8.10. The fraction of sp³-hybridized carbons (Fsp3) is 0.524. The maximum absolute atomic E-state index is 13.1. The van der Waals surface area contributed by atoms with E-state index in [4.69, 9.17) is 16.2 Å². The molecule has 0 unspecified atom stereocenters. The molecule has 0 aliphatic heterocycles. The number of amides is 1. The van der Waals surface area contributed by atoms with Crippen LogP contribution in [0.1, 0.15) is 62.9 Å². The van der Waals surface area contributed by atoms with E-state index >= 15 is 0 Å². The number of benzene rings is 1. The zero-order chi connectivity index (χ0) is 22.8. The maximum Gasteiger partial charge on any atom is 0.404 e. The Balaban J connectivity index is 1.88. The summed E-state index contributed by atoms with van der Waals surface area (Å²) in [6.07, 6.45) is 4.02. The Hall–Kier alpha value is -2.01. The van der Waals surface area contributed by atoms with Crippen LogP contribution in [0.15, 0.2) is 29.3 Å². The molecule has 1 fully saturated rings. The molecule has 2 aromatic rings. The van der Waals surface area contributed by atoms with Gasteiger partial charge in [0.1, 0.15) is 6.10 Å². The highest BCUT2D eigenvalue weighted by atomic mass is 32.2. The van der Waals surface area contributed by atoms with Gasteiger partial charge in [0.15, 0.2) is 0 Å². The zero-order valence-electron chi connectivity index (χ0n) is 18.1. The van der Waals surface area contributed by atoms with Crippen molar-refractivity contribution in [2.75, 3.05) is 0 Å². The lowest BCUT2D eigenvalue weighted by atomic mass is 9.88. The quantitative estimate of drug-likeness (QED) is 0.596. The van der Waals surface area contributed by atoms with Crippen molar-refractivity contribution < 1.29 is 17.9 Å². The summed E-state index contributed by atoms with van der Waals surface area (Å²) in [5, 5.41) is 0.961. The van der Waals surface area contributed by atoms with Gasteiger partial charge in [0.05, 0.1) is 14.8 Å². The van der Waals surface area contributed by atoms with Gasteiger partial charge in [0.25, 0.3) is 0 Å². The summed E-state index contributed by atoms with van der Waals surface area (Å²) in [6.45, 7) is 5.67. The fourth-order valence-corrected chi connectivity index (χ4v) is 6.65. The van der Waals surface area contributed by atoms with Crippen LogP contribution in [0, 0.1) is 0 Å². The van der Waals surface area contributed by atoms with Crippen molar-refractivity contribution in [3.05, 3.63) is 35.0 Å². The molecule has 1 aliphatic carbocycles. The number of primary amides is 1. The van der Waals surface area contributed by atoms with Crippen molar-refractivity contribution in [2.45, 2.75) is 75.5 Å². The molecule has 0 saturated heterocycles. The highest BCUT2D eigenvalue weighted by Gasteiger charge is 2.29. The van der Waals surface area contributed by atoms with Crippen LogP contribution in [-0.4, -0.2) is 31.1 Å². The summed E-state index contributed by atoms with van der Waals surface area (Å²) in [5.74, 6) is 0.252. The number of ether oxygens (including phenoxy) is 1. The molecule has 0 bridgehead atoms. The van der Waals surface area contributed by atoms with E-state index < -0.39 is 21.7 Å². The van der Waals surface area contributed by atoms with Crippen LogP contribution in [0.2, 0.25) is 0 Å². The Morgan fingerprint density at radius 1 is 1.26 bits per heavy atom. The number of hydrogen-bond donors (Lipinski definition) is 3. The van der Waals surface area contributed by atoms with Crippen molar-refractivity contribution >= 4 is 27.5 Å². The predicted octanol–water partition coefficient (Wildman–Crippen LogP) is 3.47. The molecule has 5 N–H and O–H groups in total. The zero-order valence-corrected chi connectivity index (χ0v) is 19.7. The van der Waals surface area contributed by atoms with E-state index in [9.17, 15) is 13.2 Å². The first-order valence-electron chi connectivity index (χ1n) is 10.3. The number of nitrogens with zero attached hydrogens (tertiary/aromatic N) is 1. The molecular formula is C21H30N4O4S2. The van der Waals surface area contributed by atoms with Crippen molar-refractivity contribution in [3.8, 4) is 10.4 Å². The molecular weight excluding hydrogens is 436 g/mol. The molecule has 0 spiro atoms. The Kier molecular flexibility index (Phi) is 7.04. The number of rotatable bonds is 6. The highest BCUT2D eigenvalue weighted by Crippen LogP contribution is 2.40. The number of nitrogens with two attached hydrogens (primary N) is 2. The molecule has 31 heavy (non-hydrogen) atoms. The number of sulfonamides is 1. The number of thiazole rings is 1. The summed E-state index contributed by atoms with van der Waals surface area (Å²) < 4.78 is 34.1. The van der Waals surface area contributed by atoms with E-state index in [-0.39, 0.29) is 23.5 Å². The third-order valence-electron chi connectivity index (χ3n) is 5.11.